The Morgan fingerprint density at radius 2 is 2.03 bits per heavy atom. The molecule has 152 valence electrons. The number of benzene rings is 1. The summed E-state index contributed by atoms with van der Waals surface area (Å²) >= 11 is 0. The van der Waals surface area contributed by atoms with Crippen LogP contribution < -0.4 is 11.3 Å². The molecule has 2 aromatic heterocycles. The highest BCUT2D eigenvalue weighted by molar-refractivity contribution is 5.86. The van der Waals surface area contributed by atoms with Gasteiger partial charge in [0, 0.05) is 43.8 Å². The quantitative estimate of drug-likeness (QED) is 0.717. The van der Waals surface area contributed by atoms with Crippen molar-refractivity contribution in [3.63, 3.8) is 0 Å². The number of para-hydroxylation sites is 1. The molecular formula is C22H28N6O. The Morgan fingerprint density at radius 1 is 1.17 bits per heavy atom. The fraction of sp³-hybridized carbons (Fsp3) is 0.500. The minimum absolute atomic E-state index is 0.149. The summed E-state index contributed by atoms with van der Waals surface area (Å²) in [6.07, 6.45) is 6.35. The van der Waals surface area contributed by atoms with Crippen molar-refractivity contribution in [2.24, 2.45) is 11.7 Å². The van der Waals surface area contributed by atoms with Crippen LogP contribution in [0.3, 0.4) is 0 Å². The van der Waals surface area contributed by atoms with Crippen LogP contribution in [0.5, 0.6) is 0 Å². The Labute approximate surface area is 170 Å². The minimum Gasteiger partial charge on any atom is -0.325 e. The maximum absolute atomic E-state index is 12.7. The molecule has 2 aliphatic heterocycles. The molecule has 1 fully saturated rings. The molecule has 7 nitrogen and oxygen atoms in total. The summed E-state index contributed by atoms with van der Waals surface area (Å²) in [6.45, 7) is 5.13. The smallest absolute Gasteiger partial charge is 0.251 e. The van der Waals surface area contributed by atoms with E-state index in [1.807, 2.05) is 21.5 Å². The van der Waals surface area contributed by atoms with Crippen molar-refractivity contribution in [3.05, 3.63) is 57.6 Å². The highest BCUT2D eigenvalue weighted by Gasteiger charge is 2.22. The summed E-state index contributed by atoms with van der Waals surface area (Å²) in [7, 11) is 0. The predicted octanol–water partition coefficient (Wildman–Crippen LogP) is 1.91. The number of hydrogen-bond acceptors (Lipinski definition) is 5. The molecule has 5 rings (SSSR count). The maximum atomic E-state index is 12.7. The molecule has 2 aliphatic rings. The van der Waals surface area contributed by atoms with E-state index < -0.39 is 0 Å². The number of nitrogens with two attached hydrogens (primary N) is 1. The average Bonchev–Trinajstić information content (AvgIpc) is 3.20. The fourth-order valence-electron chi connectivity index (χ4n) is 4.92. The number of nitrogens with zero attached hydrogens (tertiary/aromatic N) is 5. The van der Waals surface area contributed by atoms with Gasteiger partial charge in [-0.25, -0.2) is 0 Å². The largest absolute Gasteiger partial charge is 0.325 e. The summed E-state index contributed by atoms with van der Waals surface area (Å²) in [6, 6.07) is 8.36. The van der Waals surface area contributed by atoms with E-state index in [0.29, 0.717) is 12.5 Å². The lowest BCUT2D eigenvalue weighted by Crippen LogP contribution is -2.35. The van der Waals surface area contributed by atoms with Gasteiger partial charge in [0.2, 0.25) is 0 Å². The molecule has 0 spiro atoms. The molecule has 1 saturated heterocycles. The molecule has 0 atom stereocenters. The molecule has 0 saturated carbocycles. The standard InChI is InChI=1S/C22H28N6O/c23-12-19-15-27(25-24-19)13-16-6-9-26(10-7-16)14-18-11-21(29)28-8-2-4-17-3-1-5-20(18)22(17)28/h1,3,5,11,15-16H,2,4,6-10,12-14,23H2. The lowest BCUT2D eigenvalue weighted by Gasteiger charge is -2.32. The average molecular weight is 393 g/mol. The highest BCUT2D eigenvalue weighted by Crippen LogP contribution is 2.28. The first-order valence-corrected chi connectivity index (χ1v) is 10.7. The Kier molecular flexibility index (Phi) is 4.93. The van der Waals surface area contributed by atoms with Gasteiger partial charge in [-0.2, -0.15) is 0 Å². The molecule has 3 aromatic rings. The van der Waals surface area contributed by atoms with Gasteiger partial charge in [0.25, 0.3) is 5.56 Å². The number of likely N-dealkylation sites (tertiary alicyclic amines) is 1. The van der Waals surface area contributed by atoms with Gasteiger partial charge in [0.1, 0.15) is 0 Å². The SMILES string of the molecule is NCc1cn(CC2CCN(Cc3cc(=O)n4c5c(cccc35)CCC4)CC2)nn1. The van der Waals surface area contributed by atoms with Crippen LogP contribution in [0, 0.1) is 5.92 Å². The van der Waals surface area contributed by atoms with Crippen molar-refractivity contribution in [2.75, 3.05) is 13.1 Å². The number of aromatic nitrogens is 4. The van der Waals surface area contributed by atoms with Gasteiger partial charge in [0.05, 0.1) is 11.2 Å². The van der Waals surface area contributed by atoms with E-state index in [0.717, 1.165) is 69.6 Å². The molecule has 4 heterocycles. The van der Waals surface area contributed by atoms with Crippen molar-refractivity contribution in [3.8, 4) is 0 Å². The molecule has 7 heteroatoms. The second kappa shape index (κ2) is 7.72. The van der Waals surface area contributed by atoms with Gasteiger partial charge in [-0.15, -0.1) is 5.10 Å². The Bertz CT molecular complexity index is 1080. The second-order valence-electron chi connectivity index (χ2n) is 8.43. The maximum Gasteiger partial charge on any atom is 0.251 e. The zero-order valence-corrected chi connectivity index (χ0v) is 16.8. The lowest BCUT2D eigenvalue weighted by atomic mass is 9.95. The Morgan fingerprint density at radius 3 is 2.83 bits per heavy atom. The molecule has 2 N–H and O–H groups in total. The first-order valence-electron chi connectivity index (χ1n) is 10.7. The summed E-state index contributed by atoms with van der Waals surface area (Å²) in [5, 5.41) is 9.51. The number of aryl methyl sites for hydroxylation is 2. The number of hydrogen-bond donors (Lipinski definition) is 1. The third-order valence-electron chi connectivity index (χ3n) is 6.47. The van der Waals surface area contributed by atoms with Crippen LogP contribution in [0.1, 0.15) is 36.1 Å². The van der Waals surface area contributed by atoms with Gasteiger partial charge in [-0.1, -0.05) is 23.4 Å². The highest BCUT2D eigenvalue weighted by atomic mass is 16.1. The first kappa shape index (κ1) is 18.5. The summed E-state index contributed by atoms with van der Waals surface area (Å²) in [5.74, 6) is 0.612. The molecule has 0 unspecified atom stereocenters. The molecule has 0 amide bonds. The second-order valence-corrected chi connectivity index (χ2v) is 8.43. The molecule has 0 radical (unpaired) electrons. The first-order chi connectivity index (χ1) is 14.2. The van der Waals surface area contributed by atoms with Crippen LogP contribution >= 0.6 is 0 Å². The van der Waals surface area contributed by atoms with Crippen LogP contribution in [0.25, 0.3) is 10.9 Å². The van der Waals surface area contributed by atoms with Crippen molar-refractivity contribution in [2.45, 2.75) is 51.9 Å². The van der Waals surface area contributed by atoms with Gasteiger partial charge in [-0.05, 0) is 55.8 Å². The van der Waals surface area contributed by atoms with E-state index in [9.17, 15) is 4.79 Å². The predicted molar refractivity (Wildman–Crippen MR) is 112 cm³/mol. The Hall–Kier alpha value is -2.51. The van der Waals surface area contributed by atoms with Crippen LogP contribution in [-0.2, 0) is 32.6 Å². The van der Waals surface area contributed by atoms with E-state index in [2.05, 4.69) is 33.4 Å². The molecule has 1 aromatic carbocycles. The van der Waals surface area contributed by atoms with E-state index in [1.54, 1.807) is 0 Å². The lowest BCUT2D eigenvalue weighted by molar-refractivity contribution is 0.164. The van der Waals surface area contributed by atoms with Crippen molar-refractivity contribution in [1.29, 1.82) is 0 Å². The molecule has 0 aliphatic carbocycles. The van der Waals surface area contributed by atoms with Crippen molar-refractivity contribution >= 4 is 10.9 Å². The van der Waals surface area contributed by atoms with Gasteiger partial charge >= 0.3 is 0 Å². The fourth-order valence-corrected chi connectivity index (χ4v) is 4.92. The van der Waals surface area contributed by atoms with Crippen LogP contribution in [-0.4, -0.2) is 37.6 Å². The topological polar surface area (TPSA) is 82.0 Å². The van der Waals surface area contributed by atoms with E-state index in [1.165, 1.54) is 16.5 Å². The number of rotatable bonds is 5. The third kappa shape index (κ3) is 3.60. The zero-order chi connectivity index (χ0) is 19.8. The van der Waals surface area contributed by atoms with Gasteiger partial charge < -0.3 is 10.3 Å². The normalized spacial score (nSPS) is 17.8. The molecular weight excluding hydrogens is 364 g/mol. The summed E-state index contributed by atoms with van der Waals surface area (Å²) in [5.41, 5.74) is 10.3. The number of pyridine rings is 1. The Balaban J connectivity index is 1.29. The van der Waals surface area contributed by atoms with Crippen LogP contribution in [0.15, 0.2) is 35.3 Å². The van der Waals surface area contributed by atoms with E-state index >= 15 is 0 Å². The van der Waals surface area contributed by atoms with Crippen molar-refractivity contribution < 1.29 is 0 Å². The molecule has 0 bridgehead atoms. The zero-order valence-electron chi connectivity index (χ0n) is 16.8. The number of piperidine rings is 1. The monoisotopic (exact) mass is 392 g/mol. The summed E-state index contributed by atoms with van der Waals surface area (Å²) < 4.78 is 3.90. The van der Waals surface area contributed by atoms with Gasteiger partial charge in [0.15, 0.2) is 0 Å². The minimum atomic E-state index is 0.149. The third-order valence-corrected chi connectivity index (χ3v) is 6.47. The van der Waals surface area contributed by atoms with Crippen LogP contribution in [0.4, 0.5) is 0 Å². The van der Waals surface area contributed by atoms with Crippen LogP contribution in [0.2, 0.25) is 0 Å². The van der Waals surface area contributed by atoms with Gasteiger partial charge in [-0.3, -0.25) is 14.4 Å². The van der Waals surface area contributed by atoms with E-state index in [4.69, 9.17) is 5.73 Å². The van der Waals surface area contributed by atoms with E-state index in [-0.39, 0.29) is 5.56 Å². The summed E-state index contributed by atoms with van der Waals surface area (Å²) in [4.78, 5) is 15.2. The molecule has 29 heavy (non-hydrogen) atoms. The van der Waals surface area contributed by atoms with Crippen molar-refractivity contribution in [1.82, 2.24) is 24.5 Å².